The van der Waals surface area contributed by atoms with Crippen molar-refractivity contribution in [1.29, 1.82) is 0 Å². The Labute approximate surface area is 175 Å². The summed E-state index contributed by atoms with van der Waals surface area (Å²) in [6.07, 6.45) is 0.248. The molecule has 2 amide bonds. The van der Waals surface area contributed by atoms with Gasteiger partial charge in [-0.15, -0.1) is 0 Å². The number of nitrogens with zero attached hydrogens (tertiary/aromatic N) is 3. The van der Waals surface area contributed by atoms with Gasteiger partial charge in [0.1, 0.15) is 5.75 Å². The molecule has 0 radical (unpaired) electrons. The van der Waals surface area contributed by atoms with Crippen LogP contribution in [0, 0.1) is 5.92 Å². The Morgan fingerprint density at radius 3 is 2.55 bits per heavy atom. The molecule has 2 aliphatic heterocycles. The van der Waals surface area contributed by atoms with Gasteiger partial charge in [-0.3, -0.25) is 9.59 Å². The largest absolute Gasteiger partial charge is 0.495 e. The molecule has 0 aliphatic carbocycles. The number of para-hydroxylation sites is 2. The van der Waals surface area contributed by atoms with Crippen LogP contribution in [0.2, 0.25) is 5.02 Å². The maximum atomic E-state index is 13.0. The second-order valence-corrected chi connectivity index (χ2v) is 7.81. The van der Waals surface area contributed by atoms with Crippen LogP contribution in [0.4, 0.5) is 11.4 Å². The summed E-state index contributed by atoms with van der Waals surface area (Å²) in [5.41, 5.74) is 1.80. The van der Waals surface area contributed by atoms with Crippen LogP contribution in [0.3, 0.4) is 0 Å². The smallest absolute Gasteiger partial charge is 0.228 e. The third-order valence-corrected chi connectivity index (χ3v) is 5.85. The third-order valence-electron chi connectivity index (χ3n) is 5.61. The molecule has 2 fully saturated rings. The highest BCUT2D eigenvalue weighted by Gasteiger charge is 2.38. The Kier molecular flexibility index (Phi) is 5.62. The lowest BCUT2D eigenvalue weighted by Crippen LogP contribution is -2.50. The fourth-order valence-electron chi connectivity index (χ4n) is 4.08. The average molecular weight is 414 g/mol. The van der Waals surface area contributed by atoms with Gasteiger partial charge in [0.05, 0.1) is 18.7 Å². The van der Waals surface area contributed by atoms with Crippen LogP contribution < -0.4 is 14.5 Å². The van der Waals surface area contributed by atoms with E-state index in [4.69, 9.17) is 16.3 Å². The van der Waals surface area contributed by atoms with Crippen molar-refractivity contribution in [3.8, 4) is 5.75 Å². The number of hydrogen-bond donors (Lipinski definition) is 0. The van der Waals surface area contributed by atoms with Crippen molar-refractivity contribution in [3.05, 3.63) is 53.6 Å². The average Bonchev–Trinajstić information content (AvgIpc) is 3.15. The zero-order valence-electron chi connectivity index (χ0n) is 16.4. The molecular weight excluding hydrogens is 390 g/mol. The molecule has 0 aromatic heterocycles. The molecule has 2 aromatic carbocycles. The van der Waals surface area contributed by atoms with E-state index in [2.05, 4.69) is 4.90 Å². The number of carbonyl (C=O) groups is 2. The maximum Gasteiger partial charge on any atom is 0.228 e. The predicted molar refractivity (Wildman–Crippen MR) is 114 cm³/mol. The number of carbonyl (C=O) groups excluding carboxylic acids is 2. The maximum absolute atomic E-state index is 13.0. The first-order valence-corrected chi connectivity index (χ1v) is 10.2. The topological polar surface area (TPSA) is 53.1 Å². The number of anilines is 2. The van der Waals surface area contributed by atoms with Crippen LogP contribution in [0.1, 0.15) is 6.42 Å². The van der Waals surface area contributed by atoms with Gasteiger partial charge < -0.3 is 19.4 Å². The number of ether oxygens (including phenoxy) is 1. The molecule has 4 rings (SSSR count). The molecule has 2 heterocycles. The van der Waals surface area contributed by atoms with Crippen molar-refractivity contribution in [2.75, 3.05) is 49.6 Å². The van der Waals surface area contributed by atoms with Crippen molar-refractivity contribution in [2.24, 2.45) is 5.92 Å². The van der Waals surface area contributed by atoms with Crippen molar-refractivity contribution in [1.82, 2.24) is 4.90 Å². The van der Waals surface area contributed by atoms with Gasteiger partial charge in [0.25, 0.3) is 0 Å². The third kappa shape index (κ3) is 4.03. The summed E-state index contributed by atoms with van der Waals surface area (Å²) in [5, 5.41) is 0.581. The van der Waals surface area contributed by atoms with Crippen molar-refractivity contribution < 1.29 is 14.3 Å². The van der Waals surface area contributed by atoms with Gasteiger partial charge in [-0.2, -0.15) is 0 Å². The zero-order valence-corrected chi connectivity index (χ0v) is 17.1. The molecule has 2 aliphatic rings. The lowest BCUT2D eigenvalue weighted by molar-refractivity contribution is -0.136. The number of piperazine rings is 1. The van der Waals surface area contributed by atoms with Gasteiger partial charge in [0.2, 0.25) is 11.8 Å². The molecule has 0 spiro atoms. The highest BCUT2D eigenvalue weighted by Crippen LogP contribution is 2.30. The minimum atomic E-state index is -0.306. The molecular formula is C22H24ClN3O3. The number of rotatable bonds is 4. The van der Waals surface area contributed by atoms with E-state index in [1.807, 2.05) is 41.3 Å². The molecule has 29 heavy (non-hydrogen) atoms. The zero-order chi connectivity index (χ0) is 20.4. The van der Waals surface area contributed by atoms with E-state index in [1.165, 1.54) is 0 Å². The van der Waals surface area contributed by atoms with Crippen LogP contribution >= 0.6 is 11.6 Å². The fourth-order valence-corrected chi connectivity index (χ4v) is 4.27. The first-order chi connectivity index (χ1) is 14.1. The quantitative estimate of drug-likeness (QED) is 0.773. The molecule has 0 saturated carbocycles. The molecule has 2 aromatic rings. The monoisotopic (exact) mass is 413 g/mol. The van der Waals surface area contributed by atoms with Gasteiger partial charge in [-0.25, -0.2) is 0 Å². The highest BCUT2D eigenvalue weighted by atomic mass is 35.5. The highest BCUT2D eigenvalue weighted by molar-refractivity contribution is 6.31. The van der Waals surface area contributed by atoms with E-state index >= 15 is 0 Å². The number of halogens is 1. The Morgan fingerprint density at radius 1 is 1.07 bits per heavy atom. The van der Waals surface area contributed by atoms with Crippen molar-refractivity contribution in [2.45, 2.75) is 6.42 Å². The van der Waals surface area contributed by atoms with Crippen LogP contribution in [-0.2, 0) is 9.59 Å². The Balaban J connectivity index is 1.38. The number of benzene rings is 2. The van der Waals surface area contributed by atoms with E-state index in [-0.39, 0.29) is 24.2 Å². The standard InChI is InChI=1S/C22H24ClN3O3/c1-29-20-8-3-2-7-19(20)24-9-11-25(12-10-24)22(28)16-13-21(27)26(15-16)18-6-4-5-17(23)14-18/h2-8,14,16H,9-13,15H2,1H3. The number of hydrogen-bond acceptors (Lipinski definition) is 4. The lowest BCUT2D eigenvalue weighted by Gasteiger charge is -2.37. The van der Waals surface area contributed by atoms with E-state index in [0.29, 0.717) is 24.7 Å². The van der Waals surface area contributed by atoms with Crippen LogP contribution in [0.25, 0.3) is 0 Å². The minimum Gasteiger partial charge on any atom is -0.495 e. The first kappa shape index (κ1) is 19.6. The normalized spacial score (nSPS) is 19.6. The van der Waals surface area contributed by atoms with Crippen LogP contribution in [0.15, 0.2) is 48.5 Å². The molecule has 7 heteroatoms. The number of methoxy groups -OCH3 is 1. The molecule has 152 valence electrons. The summed E-state index contributed by atoms with van der Waals surface area (Å²) in [5.74, 6) is 0.561. The van der Waals surface area contributed by atoms with E-state index < -0.39 is 0 Å². The SMILES string of the molecule is COc1ccccc1N1CCN(C(=O)C2CC(=O)N(c3cccc(Cl)c3)C2)CC1. The fraction of sp³-hybridized carbons (Fsp3) is 0.364. The van der Waals surface area contributed by atoms with Gasteiger partial charge in [-0.05, 0) is 30.3 Å². The Morgan fingerprint density at radius 2 is 1.83 bits per heavy atom. The van der Waals surface area contributed by atoms with Gasteiger partial charge >= 0.3 is 0 Å². The predicted octanol–water partition coefficient (Wildman–Crippen LogP) is 3.05. The molecule has 2 saturated heterocycles. The number of amides is 2. The Hall–Kier alpha value is -2.73. The van der Waals surface area contributed by atoms with Crippen LogP contribution in [0.5, 0.6) is 5.75 Å². The Bertz CT molecular complexity index is 912. The molecule has 0 bridgehead atoms. The summed E-state index contributed by atoms with van der Waals surface area (Å²) >= 11 is 6.05. The van der Waals surface area contributed by atoms with Gasteiger partial charge in [-0.1, -0.05) is 29.8 Å². The summed E-state index contributed by atoms with van der Waals surface area (Å²) in [6, 6.07) is 15.1. The summed E-state index contributed by atoms with van der Waals surface area (Å²) in [4.78, 5) is 31.3. The first-order valence-electron chi connectivity index (χ1n) is 9.79. The molecule has 6 nitrogen and oxygen atoms in total. The summed E-state index contributed by atoms with van der Waals surface area (Å²) in [6.45, 7) is 3.16. The second-order valence-electron chi connectivity index (χ2n) is 7.37. The second kappa shape index (κ2) is 8.33. The van der Waals surface area contributed by atoms with Gasteiger partial charge in [0.15, 0.2) is 0 Å². The minimum absolute atomic E-state index is 0.0294. The van der Waals surface area contributed by atoms with E-state index in [0.717, 1.165) is 30.2 Å². The van der Waals surface area contributed by atoms with Crippen molar-refractivity contribution in [3.63, 3.8) is 0 Å². The summed E-state index contributed by atoms with van der Waals surface area (Å²) < 4.78 is 5.45. The van der Waals surface area contributed by atoms with Crippen LogP contribution in [-0.4, -0.2) is 56.5 Å². The summed E-state index contributed by atoms with van der Waals surface area (Å²) in [7, 11) is 1.67. The molecule has 0 N–H and O–H groups in total. The van der Waals surface area contributed by atoms with Gasteiger partial charge in [0, 0.05) is 49.9 Å². The molecule has 1 atom stereocenters. The van der Waals surface area contributed by atoms with Crippen molar-refractivity contribution >= 4 is 34.8 Å². The molecule has 1 unspecified atom stereocenters. The lowest BCUT2D eigenvalue weighted by atomic mass is 10.1. The van der Waals surface area contributed by atoms with E-state index in [9.17, 15) is 9.59 Å². The van der Waals surface area contributed by atoms with E-state index in [1.54, 1.807) is 24.1 Å².